The summed E-state index contributed by atoms with van der Waals surface area (Å²) < 4.78 is 37.3. The Morgan fingerprint density at radius 3 is 2.65 bits per heavy atom. The molecule has 0 saturated carbocycles. The molecule has 2 unspecified atom stereocenters. The van der Waals surface area contributed by atoms with Gasteiger partial charge in [-0.25, -0.2) is 0 Å². The Balaban J connectivity index is 2.16. The van der Waals surface area contributed by atoms with Crippen LogP contribution in [-0.4, -0.2) is 41.0 Å². The fourth-order valence-corrected chi connectivity index (χ4v) is 2.14. The zero-order valence-electron chi connectivity index (χ0n) is 11.2. The molecule has 4 nitrogen and oxygen atoms in total. The number of amides is 1. The molecule has 0 radical (unpaired) electrons. The van der Waals surface area contributed by atoms with Crippen LogP contribution in [0.4, 0.5) is 13.2 Å². The molecular formula is C13H16F3N3O. The van der Waals surface area contributed by atoms with Crippen molar-refractivity contribution in [3.63, 3.8) is 0 Å². The summed E-state index contributed by atoms with van der Waals surface area (Å²) in [7, 11) is 0. The van der Waals surface area contributed by atoms with Gasteiger partial charge in [-0.3, -0.25) is 9.78 Å². The lowest BCUT2D eigenvalue weighted by Gasteiger charge is -2.37. The molecule has 1 aliphatic heterocycles. The topological polar surface area (TPSA) is 45.2 Å². The second kappa shape index (κ2) is 5.40. The first-order valence-corrected chi connectivity index (χ1v) is 6.36. The van der Waals surface area contributed by atoms with Gasteiger partial charge in [-0.2, -0.15) is 13.2 Å². The van der Waals surface area contributed by atoms with E-state index in [1.807, 2.05) is 13.8 Å². The first kappa shape index (κ1) is 14.8. The van der Waals surface area contributed by atoms with Crippen LogP contribution in [0.15, 0.2) is 18.3 Å². The number of aromatic nitrogens is 1. The third kappa shape index (κ3) is 3.09. The predicted octanol–water partition coefficient (Wildman–Crippen LogP) is 1.92. The van der Waals surface area contributed by atoms with Gasteiger partial charge in [0, 0.05) is 31.4 Å². The van der Waals surface area contributed by atoms with Crippen LogP contribution in [0.25, 0.3) is 0 Å². The molecule has 0 aromatic carbocycles. The summed E-state index contributed by atoms with van der Waals surface area (Å²) in [5.41, 5.74) is -0.810. The van der Waals surface area contributed by atoms with Crippen molar-refractivity contribution in [1.29, 1.82) is 0 Å². The molecule has 7 heteroatoms. The Bertz CT molecular complexity index is 487. The number of carbonyl (C=O) groups is 1. The van der Waals surface area contributed by atoms with E-state index in [0.717, 1.165) is 12.1 Å². The van der Waals surface area contributed by atoms with E-state index in [1.54, 1.807) is 4.90 Å². The van der Waals surface area contributed by atoms with Crippen LogP contribution >= 0.6 is 0 Å². The molecule has 2 rings (SSSR count). The molecule has 1 amide bonds. The number of pyridine rings is 1. The molecule has 1 saturated heterocycles. The number of hydrogen-bond donors (Lipinski definition) is 1. The number of carbonyl (C=O) groups excluding carboxylic acids is 1. The van der Waals surface area contributed by atoms with Gasteiger partial charge in [0.2, 0.25) is 0 Å². The molecule has 20 heavy (non-hydrogen) atoms. The van der Waals surface area contributed by atoms with Crippen molar-refractivity contribution in [1.82, 2.24) is 15.2 Å². The van der Waals surface area contributed by atoms with Crippen LogP contribution in [0, 0.1) is 0 Å². The van der Waals surface area contributed by atoms with Crippen molar-refractivity contribution in [3.05, 3.63) is 29.6 Å². The van der Waals surface area contributed by atoms with Crippen molar-refractivity contribution in [2.45, 2.75) is 32.1 Å². The van der Waals surface area contributed by atoms with Gasteiger partial charge >= 0.3 is 6.18 Å². The first-order valence-electron chi connectivity index (χ1n) is 6.36. The summed E-state index contributed by atoms with van der Waals surface area (Å²) in [5, 5.41) is 3.23. The second-order valence-electron chi connectivity index (χ2n) is 5.05. The van der Waals surface area contributed by atoms with Crippen molar-refractivity contribution in [2.24, 2.45) is 0 Å². The highest BCUT2D eigenvalue weighted by atomic mass is 19.4. The molecular weight excluding hydrogens is 271 g/mol. The lowest BCUT2D eigenvalue weighted by atomic mass is 10.1. The number of halogens is 3. The van der Waals surface area contributed by atoms with Gasteiger partial charge in [0.05, 0.1) is 5.56 Å². The largest absolute Gasteiger partial charge is 0.417 e. The normalized spacial score (nSPS) is 23.8. The zero-order valence-corrected chi connectivity index (χ0v) is 11.2. The highest BCUT2D eigenvalue weighted by Gasteiger charge is 2.32. The Labute approximate surface area is 115 Å². The van der Waals surface area contributed by atoms with E-state index in [1.165, 1.54) is 0 Å². The van der Waals surface area contributed by atoms with Crippen LogP contribution in [0.2, 0.25) is 0 Å². The van der Waals surface area contributed by atoms with Crippen LogP contribution < -0.4 is 5.32 Å². The van der Waals surface area contributed by atoms with Crippen molar-refractivity contribution >= 4 is 5.91 Å². The van der Waals surface area contributed by atoms with E-state index in [9.17, 15) is 18.0 Å². The highest BCUT2D eigenvalue weighted by molar-refractivity contribution is 5.92. The van der Waals surface area contributed by atoms with Gasteiger partial charge in [0.15, 0.2) is 0 Å². The fraction of sp³-hybridized carbons (Fsp3) is 0.538. The number of nitrogens with zero attached hydrogens (tertiary/aromatic N) is 2. The maximum atomic E-state index is 12.4. The molecule has 2 atom stereocenters. The number of nitrogens with one attached hydrogen (secondary N) is 1. The molecule has 1 aliphatic rings. The van der Waals surface area contributed by atoms with Gasteiger partial charge < -0.3 is 10.2 Å². The van der Waals surface area contributed by atoms with Crippen molar-refractivity contribution in [3.8, 4) is 0 Å². The Hall–Kier alpha value is -1.63. The van der Waals surface area contributed by atoms with Gasteiger partial charge in [0.25, 0.3) is 5.91 Å². The van der Waals surface area contributed by atoms with E-state index in [4.69, 9.17) is 0 Å². The zero-order chi connectivity index (χ0) is 14.9. The lowest BCUT2D eigenvalue weighted by molar-refractivity contribution is -0.137. The van der Waals surface area contributed by atoms with Crippen LogP contribution in [0.5, 0.6) is 0 Å². The minimum atomic E-state index is -4.44. The SMILES string of the molecule is CC1CN(C(=O)c2ccc(C(F)(F)F)cn2)C(C)CN1. The van der Waals surface area contributed by atoms with E-state index >= 15 is 0 Å². The molecule has 1 aromatic rings. The van der Waals surface area contributed by atoms with Crippen LogP contribution in [-0.2, 0) is 6.18 Å². The number of hydrogen-bond acceptors (Lipinski definition) is 3. The van der Waals surface area contributed by atoms with Gasteiger partial charge in [-0.15, -0.1) is 0 Å². The summed E-state index contributed by atoms with van der Waals surface area (Å²) in [6.07, 6.45) is -3.74. The molecule has 1 aromatic heterocycles. The molecule has 2 heterocycles. The standard InChI is InChI=1S/C13H16F3N3O/c1-8-7-19(9(2)5-17-8)12(20)11-4-3-10(6-18-11)13(14,15)16/h3-4,6,8-9,17H,5,7H2,1-2H3. The van der Waals surface area contributed by atoms with E-state index < -0.39 is 11.7 Å². The van der Waals surface area contributed by atoms with E-state index in [-0.39, 0.29) is 23.7 Å². The maximum Gasteiger partial charge on any atom is 0.417 e. The fourth-order valence-electron chi connectivity index (χ4n) is 2.14. The monoisotopic (exact) mass is 287 g/mol. The Kier molecular flexibility index (Phi) is 3.99. The Morgan fingerprint density at radius 1 is 1.40 bits per heavy atom. The average Bonchev–Trinajstić information content (AvgIpc) is 2.40. The number of alkyl halides is 3. The summed E-state index contributed by atoms with van der Waals surface area (Å²) in [6.45, 7) is 5.02. The minimum Gasteiger partial charge on any atom is -0.332 e. The van der Waals surface area contributed by atoms with Crippen molar-refractivity contribution < 1.29 is 18.0 Å². The minimum absolute atomic E-state index is 0.0113. The van der Waals surface area contributed by atoms with Crippen LogP contribution in [0.1, 0.15) is 29.9 Å². The number of rotatable bonds is 1. The smallest absolute Gasteiger partial charge is 0.332 e. The molecule has 0 spiro atoms. The van der Waals surface area contributed by atoms with Crippen LogP contribution in [0.3, 0.4) is 0 Å². The summed E-state index contributed by atoms with van der Waals surface area (Å²) in [4.78, 5) is 17.6. The van der Waals surface area contributed by atoms with Crippen molar-refractivity contribution in [2.75, 3.05) is 13.1 Å². The lowest BCUT2D eigenvalue weighted by Crippen LogP contribution is -2.56. The van der Waals surface area contributed by atoms with E-state index in [0.29, 0.717) is 19.3 Å². The Morgan fingerprint density at radius 2 is 2.10 bits per heavy atom. The number of piperazine rings is 1. The second-order valence-corrected chi connectivity index (χ2v) is 5.05. The summed E-state index contributed by atoms with van der Waals surface area (Å²) in [6, 6.07) is 2.16. The van der Waals surface area contributed by atoms with Gasteiger partial charge in [-0.1, -0.05) is 0 Å². The third-order valence-electron chi connectivity index (χ3n) is 3.34. The molecule has 1 N–H and O–H groups in total. The summed E-state index contributed by atoms with van der Waals surface area (Å²) in [5.74, 6) is -0.334. The van der Waals surface area contributed by atoms with E-state index in [2.05, 4.69) is 10.3 Å². The van der Waals surface area contributed by atoms with Gasteiger partial charge in [0.1, 0.15) is 5.69 Å². The van der Waals surface area contributed by atoms with Gasteiger partial charge in [-0.05, 0) is 26.0 Å². The molecule has 1 fully saturated rings. The third-order valence-corrected chi connectivity index (χ3v) is 3.34. The molecule has 0 bridgehead atoms. The predicted molar refractivity (Wildman–Crippen MR) is 67.2 cm³/mol. The molecule has 0 aliphatic carbocycles. The first-order chi connectivity index (χ1) is 9.29. The highest BCUT2D eigenvalue weighted by Crippen LogP contribution is 2.28. The maximum absolute atomic E-state index is 12.4. The summed E-state index contributed by atoms with van der Waals surface area (Å²) >= 11 is 0. The quantitative estimate of drug-likeness (QED) is 0.858. The average molecular weight is 287 g/mol. The molecule has 110 valence electrons.